The fourth-order valence-corrected chi connectivity index (χ4v) is 3.91. The van der Waals surface area contributed by atoms with Gasteiger partial charge in [-0.05, 0) is 13.0 Å². The Hall–Kier alpha value is -3.57. The van der Waals surface area contributed by atoms with Gasteiger partial charge in [-0.15, -0.1) is 0 Å². The molecule has 0 saturated heterocycles. The van der Waals surface area contributed by atoms with Crippen molar-refractivity contribution in [2.75, 3.05) is 27.1 Å². The zero-order chi connectivity index (χ0) is 22.3. The number of carbonyl (C=O) groups is 1. The van der Waals surface area contributed by atoms with E-state index in [9.17, 15) is 4.79 Å². The lowest BCUT2D eigenvalue weighted by atomic mass is 9.86. The number of hydrogen-bond donors (Lipinski definition) is 0. The van der Waals surface area contributed by atoms with Crippen molar-refractivity contribution < 1.29 is 23.7 Å². The van der Waals surface area contributed by atoms with E-state index in [0.29, 0.717) is 41.6 Å². The van der Waals surface area contributed by atoms with Gasteiger partial charge in [-0.2, -0.15) is 0 Å². The molecule has 0 saturated carbocycles. The fraction of sp³-hybridized carbons (Fsp3) is 0.222. The molecule has 1 atom stereocenters. The Kier molecular flexibility index (Phi) is 6.87. The molecule has 0 aliphatic carbocycles. The lowest BCUT2D eigenvalue weighted by Crippen LogP contribution is -2.14. The number of ether oxygens (including phenoxy) is 4. The number of Topliss-reactive ketones (excluding diaryl/α,β-unsaturated/α-hetero) is 1. The van der Waals surface area contributed by atoms with E-state index in [1.165, 1.54) is 0 Å². The molecule has 0 N–H and O–H groups in total. The van der Waals surface area contributed by atoms with Gasteiger partial charge in [0.05, 0.1) is 24.7 Å². The third-order valence-corrected chi connectivity index (χ3v) is 5.31. The molecule has 0 unspecified atom stereocenters. The molecule has 0 fully saturated rings. The van der Waals surface area contributed by atoms with E-state index in [-0.39, 0.29) is 18.5 Å². The summed E-state index contributed by atoms with van der Waals surface area (Å²) in [6.07, 6.45) is 0. The third-order valence-electron chi connectivity index (χ3n) is 5.31. The van der Waals surface area contributed by atoms with E-state index in [2.05, 4.69) is 0 Å². The average molecular weight is 431 g/mol. The number of ketones is 1. The van der Waals surface area contributed by atoms with Crippen LogP contribution < -0.4 is 9.47 Å². The first kappa shape index (κ1) is 21.7. The highest BCUT2D eigenvalue weighted by Crippen LogP contribution is 2.45. The molecule has 3 aromatic rings. The van der Waals surface area contributed by atoms with Crippen LogP contribution >= 0.6 is 0 Å². The second-order valence-corrected chi connectivity index (χ2v) is 7.33. The van der Waals surface area contributed by atoms with Gasteiger partial charge < -0.3 is 18.9 Å². The van der Waals surface area contributed by atoms with Gasteiger partial charge in [-0.25, -0.2) is 0 Å². The predicted octanol–water partition coefficient (Wildman–Crippen LogP) is 5.48. The number of para-hydroxylation sites is 1. The highest BCUT2D eigenvalue weighted by molar-refractivity contribution is 6.14. The Morgan fingerprint density at radius 2 is 1.66 bits per heavy atom. The summed E-state index contributed by atoms with van der Waals surface area (Å²) in [5.41, 5.74) is 2.93. The molecule has 0 amide bonds. The van der Waals surface area contributed by atoms with Gasteiger partial charge in [0.2, 0.25) is 0 Å². The number of carbonyl (C=O) groups excluding carboxylic acids is 1. The molecule has 0 spiro atoms. The molecule has 5 heteroatoms. The Balaban J connectivity index is 1.86. The summed E-state index contributed by atoms with van der Waals surface area (Å²) in [4.78, 5) is 13.7. The number of rotatable bonds is 9. The van der Waals surface area contributed by atoms with Crippen LogP contribution in [0.2, 0.25) is 0 Å². The fourth-order valence-electron chi connectivity index (χ4n) is 3.91. The van der Waals surface area contributed by atoms with Crippen LogP contribution in [0.15, 0.2) is 84.4 Å². The van der Waals surface area contributed by atoms with Gasteiger partial charge >= 0.3 is 0 Å². The second kappa shape index (κ2) is 10.2. The van der Waals surface area contributed by atoms with E-state index in [1.54, 1.807) is 7.11 Å². The van der Waals surface area contributed by atoms with Crippen LogP contribution in [0.1, 0.15) is 34.3 Å². The Labute approximate surface area is 188 Å². The van der Waals surface area contributed by atoms with E-state index >= 15 is 0 Å². The molecule has 164 valence electrons. The average Bonchev–Trinajstić information content (AvgIpc) is 3.29. The van der Waals surface area contributed by atoms with E-state index < -0.39 is 0 Å². The molecular formula is C27H26O5. The molecule has 32 heavy (non-hydrogen) atoms. The van der Waals surface area contributed by atoms with Gasteiger partial charge in [0.1, 0.15) is 5.76 Å². The SMILES string of the molecule is CCOc1cccc([C@H]2COC(c3ccccc3)=C2C(=O)c2ccccc2)c1OCOC. The van der Waals surface area contributed by atoms with Crippen LogP contribution in [0.4, 0.5) is 0 Å². The molecule has 0 aromatic heterocycles. The van der Waals surface area contributed by atoms with Crippen molar-refractivity contribution in [1.82, 2.24) is 0 Å². The summed E-state index contributed by atoms with van der Waals surface area (Å²) in [6, 6.07) is 24.7. The first-order valence-corrected chi connectivity index (χ1v) is 10.6. The number of benzene rings is 3. The van der Waals surface area contributed by atoms with Gasteiger partial charge in [0.25, 0.3) is 0 Å². The van der Waals surface area contributed by atoms with Gasteiger partial charge in [-0.1, -0.05) is 72.8 Å². The van der Waals surface area contributed by atoms with Crippen molar-refractivity contribution in [1.29, 1.82) is 0 Å². The third kappa shape index (κ3) is 4.39. The Morgan fingerprint density at radius 3 is 2.34 bits per heavy atom. The summed E-state index contributed by atoms with van der Waals surface area (Å²) < 4.78 is 23.0. The molecule has 1 aliphatic rings. The van der Waals surface area contributed by atoms with Gasteiger partial charge in [0.15, 0.2) is 24.1 Å². The summed E-state index contributed by atoms with van der Waals surface area (Å²) in [5, 5.41) is 0. The normalized spacial score (nSPS) is 15.4. The van der Waals surface area contributed by atoms with E-state index in [0.717, 1.165) is 11.1 Å². The smallest absolute Gasteiger partial charge is 0.193 e. The maximum absolute atomic E-state index is 13.7. The molecule has 4 rings (SSSR count). The predicted molar refractivity (Wildman–Crippen MR) is 123 cm³/mol. The van der Waals surface area contributed by atoms with E-state index in [4.69, 9.17) is 18.9 Å². The summed E-state index contributed by atoms with van der Waals surface area (Å²) in [6.45, 7) is 2.82. The summed E-state index contributed by atoms with van der Waals surface area (Å²) >= 11 is 0. The summed E-state index contributed by atoms with van der Waals surface area (Å²) in [5.74, 6) is 1.40. The first-order valence-electron chi connectivity index (χ1n) is 10.6. The van der Waals surface area contributed by atoms with Crippen LogP contribution in [0, 0.1) is 0 Å². The molecular weight excluding hydrogens is 404 g/mol. The Bertz CT molecular complexity index is 1090. The van der Waals surface area contributed by atoms with Crippen molar-refractivity contribution in [2.24, 2.45) is 0 Å². The minimum atomic E-state index is -0.315. The molecule has 0 bridgehead atoms. The maximum Gasteiger partial charge on any atom is 0.193 e. The van der Waals surface area contributed by atoms with Crippen LogP contribution in [-0.2, 0) is 9.47 Å². The molecule has 0 radical (unpaired) electrons. The van der Waals surface area contributed by atoms with Crippen LogP contribution in [0.5, 0.6) is 11.5 Å². The largest absolute Gasteiger partial charge is 0.492 e. The van der Waals surface area contributed by atoms with Crippen molar-refractivity contribution in [3.05, 3.63) is 101 Å². The number of hydrogen-bond acceptors (Lipinski definition) is 5. The second-order valence-electron chi connectivity index (χ2n) is 7.33. The highest BCUT2D eigenvalue weighted by atomic mass is 16.7. The molecule has 1 aliphatic heterocycles. The van der Waals surface area contributed by atoms with Crippen LogP contribution in [-0.4, -0.2) is 32.9 Å². The number of methoxy groups -OCH3 is 1. The van der Waals surface area contributed by atoms with Crippen LogP contribution in [0.25, 0.3) is 5.76 Å². The lowest BCUT2D eigenvalue weighted by molar-refractivity contribution is 0.0477. The quantitative estimate of drug-likeness (QED) is 0.333. The van der Waals surface area contributed by atoms with Gasteiger partial charge in [-0.3, -0.25) is 4.79 Å². The first-order chi connectivity index (χ1) is 15.7. The van der Waals surface area contributed by atoms with Crippen molar-refractivity contribution >= 4 is 11.5 Å². The zero-order valence-corrected chi connectivity index (χ0v) is 18.2. The lowest BCUT2D eigenvalue weighted by Gasteiger charge is -2.20. The Morgan fingerprint density at radius 1 is 0.938 bits per heavy atom. The van der Waals surface area contributed by atoms with E-state index in [1.807, 2.05) is 85.8 Å². The van der Waals surface area contributed by atoms with Gasteiger partial charge in [0, 0.05) is 23.8 Å². The minimum Gasteiger partial charge on any atom is -0.492 e. The zero-order valence-electron chi connectivity index (χ0n) is 18.2. The highest BCUT2D eigenvalue weighted by Gasteiger charge is 2.37. The molecule has 1 heterocycles. The summed E-state index contributed by atoms with van der Waals surface area (Å²) in [7, 11) is 1.57. The minimum absolute atomic E-state index is 0.0635. The van der Waals surface area contributed by atoms with Crippen molar-refractivity contribution in [3.8, 4) is 11.5 Å². The monoisotopic (exact) mass is 430 g/mol. The standard InChI is InChI=1S/C27H26O5/c1-3-30-23-16-10-15-21(27(23)32-18-29-2)22-17-31-26(20-13-8-5-9-14-20)24(22)25(28)19-11-6-4-7-12-19/h4-16,22H,3,17-18H2,1-2H3/t22-/m1/s1. The van der Waals surface area contributed by atoms with Crippen molar-refractivity contribution in [3.63, 3.8) is 0 Å². The van der Waals surface area contributed by atoms with Crippen LogP contribution in [0.3, 0.4) is 0 Å². The molecule has 3 aromatic carbocycles. The maximum atomic E-state index is 13.7. The van der Waals surface area contributed by atoms with Crippen molar-refractivity contribution in [2.45, 2.75) is 12.8 Å². The molecule has 5 nitrogen and oxygen atoms in total. The topological polar surface area (TPSA) is 54.0 Å².